The number of aromatic nitrogens is 2. The van der Waals surface area contributed by atoms with Crippen LogP contribution in [0.1, 0.15) is 16.8 Å². The normalized spacial score (nSPS) is 11.8. The topological polar surface area (TPSA) is 93.5 Å². The van der Waals surface area contributed by atoms with Crippen LogP contribution in [0.5, 0.6) is 5.75 Å². The fourth-order valence-corrected chi connectivity index (χ4v) is 2.60. The van der Waals surface area contributed by atoms with Crippen LogP contribution in [0.2, 0.25) is 0 Å². The highest BCUT2D eigenvalue weighted by Crippen LogP contribution is 2.21. The summed E-state index contributed by atoms with van der Waals surface area (Å²) in [6.07, 6.45) is 5.19. The molecule has 0 saturated heterocycles. The Labute approximate surface area is 144 Å². The lowest BCUT2D eigenvalue weighted by atomic mass is 10.2. The van der Waals surface area contributed by atoms with Crippen LogP contribution in [0.25, 0.3) is 5.69 Å². The molecule has 8 heteroatoms. The number of thioether (sulfide) groups is 1. The molecule has 0 fully saturated rings. The SMILES string of the molecule is COc1ccccc1-n1cc(C(=O)N[C@@H](CCSC)C(=O)O)cn1. The molecule has 0 aliphatic heterocycles. The van der Waals surface area contributed by atoms with Crippen molar-refractivity contribution in [2.45, 2.75) is 12.5 Å². The first-order chi connectivity index (χ1) is 11.6. The molecular formula is C16H19N3O4S. The number of hydrogen-bond donors (Lipinski definition) is 2. The molecule has 2 aromatic rings. The number of carbonyl (C=O) groups excluding carboxylic acids is 1. The first-order valence-electron chi connectivity index (χ1n) is 7.27. The quantitative estimate of drug-likeness (QED) is 0.755. The van der Waals surface area contributed by atoms with E-state index in [1.807, 2.05) is 24.5 Å². The lowest BCUT2D eigenvalue weighted by molar-refractivity contribution is -0.139. The van der Waals surface area contributed by atoms with Crippen molar-refractivity contribution in [2.24, 2.45) is 0 Å². The second-order valence-corrected chi connectivity index (χ2v) is 5.98. The molecule has 1 aromatic carbocycles. The molecule has 0 radical (unpaired) electrons. The van der Waals surface area contributed by atoms with Gasteiger partial charge in [-0.05, 0) is 30.6 Å². The molecule has 7 nitrogen and oxygen atoms in total. The van der Waals surface area contributed by atoms with Crippen LogP contribution in [-0.4, -0.2) is 51.9 Å². The number of carboxylic acids is 1. The van der Waals surface area contributed by atoms with Crippen molar-refractivity contribution < 1.29 is 19.4 Å². The summed E-state index contributed by atoms with van der Waals surface area (Å²) < 4.78 is 6.79. The number of carbonyl (C=O) groups is 2. The highest BCUT2D eigenvalue weighted by Gasteiger charge is 2.21. The third kappa shape index (κ3) is 4.29. The molecule has 0 unspecified atom stereocenters. The predicted molar refractivity (Wildman–Crippen MR) is 92.0 cm³/mol. The van der Waals surface area contributed by atoms with Gasteiger partial charge in [0.25, 0.3) is 5.91 Å². The second kappa shape index (κ2) is 8.39. The van der Waals surface area contributed by atoms with Gasteiger partial charge in [0.05, 0.1) is 18.9 Å². The molecule has 1 heterocycles. The van der Waals surface area contributed by atoms with E-state index in [9.17, 15) is 14.7 Å². The number of nitrogens with zero attached hydrogens (tertiary/aromatic N) is 2. The van der Waals surface area contributed by atoms with E-state index in [4.69, 9.17) is 4.74 Å². The number of rotatable bonds is 8. The molecule has 0 bridgehead atoms. The predicted octanol–water partition coefficient (Wildman–Crippen LogP) is 1.82. The van der Waals surface area contributed by atoms with E-state index in [0.717, 1.165) is 0 Å². The van der Waals surface area contributed by atoms with E-state index in [0.29, 0.717) is 23.6 Å². The summed E-state index contributed by atoms with van der Waals surface area (Å²) in [5.41, 5.74) is 0.979. The molecule has 1 amide bonds. The van der Waals surface area contributed by atoms with E-state index < -0.39 is 17.9 Å². The Bertz CT molecular complexity index is 717. The Balaban J connectivity index is 2.14. The monoisotopic (exact) mass is 349 g/mol. The fraction of sp³-hybridized carbons (Fsp3) is 0.312. The number of methoxy groups -OCH3 is 1. The van der Waals surface area contributed by atoms with Crippen LogP contribution in [0, 0.1) is 0 Å². The van der Waals surface area contributed by atoms with Crippen LogP contribution < -0.4 is 10.1 Å². The Morgan fingerprint density at radius 3 is 2.83 bits per heavy atom. The van der Waals surface area contributed by atoms with E-state index >= 15 is 0 Å². The van der Waals surface area contributed by atoms with Gasteiger partial charge in [-0.1, -0.05) is 12.1 Å². The minimum atomic E-state index is -1.05. The zero-order chi connectivity index (χ0) is 17.5. The van der Waals surface area contributed by atoms with Gasteiger partial charge in [-0.25, -0.2) is 9.48 Å². The van der Waals surface area contributed by atoms with Crippen molar-refractivity contribution in [2.75, 3.05) is 19.1 Å². The minimum absolute atomic E-state index is 0.288. The molecule has 0 aliphatic carbocycles. The van der Waals surface area contributed by atoms with Crippen LogP contribution in [0.3, 0.4) is 0 Å². The molecular weight excluding hydrogens is 330 g/mol. The molecule has 24 heavy (non-hydrogen) atoms. The molecule has 0 spiro atoms. The van der Waals surface area contributed by atoms with Gasteiger partial charge in [-0.15, -0.1) is 0 Å². The highest BCUT2D eigenvalue weighted by molar-refractivity contribution is 7.98. The number of para-hydroxylation sites is 2. The van der Waals surface area contributed by atoms with E-state index in [2.05, 4.69) is 10.4 Å². The van der Waals surface area contributed by atoms with Gasteiger partial charge in [-0.2, -0.15) is 16.9 Å². The van der Waals surface area contributed by atoms with Gasteiger partial charge in [0.2, 0.25) is 0 Å². The number of nitrogens with one attached hydrogen (secondary N) is 1. The number of hydrogen-bond acceptors (Lipinski definition) is 5. The smallest absolute Gasteiger partial charge is 0.326 e. The van der Waals surface area contributed by atoms with E-state index in [1.54, 1.807) is 19.4 Å². The minimum Gasteiger partial charge on any atom is -0.494 e. The first-order valence-corrected chi connectivity index (χ1v) is 8.67. The number of carboxylic acid groups (broad SMARTS) is 1. The summed E-state index contributed by atoms with van der Waals surface area (Å²) in [4.78, 5) is 23.5. The number of ether oxygens (including phenoxy) is 1. The molecule has 1 aromatic heterocycles. The maximum atomic E-state index is 12.3. The molecule has 0 aliphatic rings. The molecule has 2 N–H and O–H groups in total. The van der Waals surface area contributed by atoms with Gasteiger partial charge in [0.15, 0.2) is 0 Å². The third-order valence-corrected chi connectivity index (χ3v) is 4.03. The van der Waals surface area contributed by atoms with Gasteiger partial charge in [0.1, 0.15) is 17.5 Å². The van der Waals surface area contributed by atoms with Crippen LogP contribution >= 0.6 is 11.8 Å². The Morgan fingerprint density at radius 1 is 1.42 bits per heavy atom. The van der Waals surface area contributed by atoms with Gasteiger partial charge < -0.3 is 15.2 Å². The van der Waals surface area contributed by atoms with Crippen LogP contribution in [0.4, 0.5) is 0 Å². The standard InChI is InChI=1S/C16H19N3O4S/c1-23-14-6-4-3-5-13(14)19-10-11(9-17-19)15(20)18-12(16(21)22)7-8-24-2/h3-6,9-10,12H,7-8H2,1-2H3,(H,18,20)(H,21,22)/t12-/m0/s1. The second-order valence-electron chi connectivity index (χ2n) is 4.99. The number of amides is 1. The van der Waals surface area contributed by atoms with Gasteiger partial charge >= 0.3 is 5.97 Å². The maximum absolute atomic E-state index is 12.3. The fourth-order valence-electron chi connectivity index (χ4n) is 2.13. The number of aliphatic carboxylic acids is 1. The zero-order valence-corrected chi connectivity index (χ0v) is 14.2. The number of benzene rings is 1. The van der Waals surface area contributed by atoms with Gasteiger partial charge in [0, 0.05) is 6.20 Å². The summed E-state index contributed by atoms with van der Waals surface area (Å²) in [5.74, 6) is -0.243. The Hall–Kier alpha value is -2.48. The van der Waals surface area contributed by atoms with Crippen molar-refractivity contribution in [1.29, 1.82) is 0 Å². The highest BCUT2D eigenvalue weighted by atomic mass is 32.2. The Morgan fingerprint density at radius 2 is 2.17 bits per heavy atom. The van der Waals surface area contributed by atoms with E-state index in [1.165, 1.54) is 22.6 Å². The Kier molecular flexibility index (Phi) is 6.25. The summed E-state index contributed by atoms with van der Waals surface area (Å²) in [5, 5.41) is 15.9. The molecule has 0 saturated carbocycles. The average Bonchev–Trinajstić information content (AvgIpc) is 3.08. The average molecular weight is 349 g/mol. The molecule has 1 atom stereocenters. The lowest BCUT2D eigenvalue weighted by Gasteiger charge is -2.13. The van der Waals surface area contributed by atoms with Crippen molar-refractivity contribution in [3.8, 4) is 11.4 Å². The third-order valence-electron chi connectivity index (χ3n) is 3.39. The zero-order valence-electron chi connectivity index (χ0n) is 13.4. The molecule has 128 valence electrons. The van der Waals surface area contributed by atoms with Crippen molar-refractivity contribution in [3.05, 3.63) is 42.2 Å². The van der Waals surface area contributed by atoms with Crippen molar-refractivity contribution in [3.63, 3.8) is 0 Å². The van der Waals surface area contributed by atoms with Crippen molar-refractivity contribution in [1.82, 2.24) is 15.1 Å². The van der Waals surface area contributed by atoms with E-state index in [-0.39, 0.29) is 5.56 Å². The summed E-state index contributed by atoms with van der Waals surface area (Å²) >= 11 is 1.53. The maximum Gasteiger partial charge on any atom is 0.326 e. The molecule has 2 rings (SSSR count). The van der Waals surface area contributed by atoms with Crippen molar-refractivity contribution >= 4 is 23.6 Å². The van der Waals surface area contributed by atoms with Crippen LogP contribution in [-0.2, 0) is 4.79 Å². The van der Waals surface area contributed by atoms with Crippen LogP contribution in [0.15, 0.2) is 36.7 Å². The summed E-state index contributed by atoms with van der Waals surface area (Å²) in [6.45, 7) is 0. The first kappa shape index (κ1) is 17.9. The largest absolute Gasteiger partial charge is 0.494 e. The summed E-state index contributed by atoms with van der Waals surface area (Å²) in [6, 6.07) is 6.36. The summed E-state index contributed by atoms with van der Waals surface area (Å²) in [7, 11) is 1.55. The lowest BCUT2D eigenvalue weighted by Crippen LogP contribution is -2.41. The van der Waals surface area contributed by atoms with Gasteiger partial charge in [-0.3, -0.25) is 4.79 Å².